The predicted octanol–water partition coefficient (Wildman–Crippen LogP) is 5.04. The summed E-state index contributed by atoms with van der Waals surface area (Å²) in [6, 6.07) is 18.5. The first kappa shape index (κ1) is 19.5. The molecule has 0 aliphatic carbocycles. The minimum atomic E-state index is -0.632. The molecular weight excluding hydrogens is 409 g/mol. The number of hydrogen-bond acceptors (Lipinski definition) is 5. The van der Waals surface area contributed by atoms with Crippen molar-refractivity contribution in [3.63, 3.8) is 0 Å². The molecule has 0 aromatic heterocycles. The Kier molecular flexibility index (Phi) is 5.41. The number of benzene rings is 3. The van der Waals surface area contributed by atoms with Crippen LogP contribution in [0.4, 0.5) is 4.39 Å². The van der Waals surface area contributed by atoms with Crippen LogP contribution in [-0.4, -0.2) is 17.8 Å². The average Bonchev–Trinajstić information content (AvgIpc) is 3.10. The van der Waals surface area contributed by atoms with Crippen LogP contribution in [0.25, 0.3) is 6.08 Å². The van der Waals surface area contributed by atoms with Gasteiger partial charge in [-0.3, -0.25) is 0 Å². The smallest absolute Gasteiger partial charge is 0.363 e. The molecule has 1 heterocycles. The van der Waals surface area contributed by atoms with Crippen LogP contribution < -0.4 is 4.74 Å². The van der Waals surface area contributed by atoms with E-state index in [0.717, 1.165) is 0 Å². The lowest BCUT2D eigenvalue weighted by molar-refractivity contribution is -0.129. The minimum Gasteiger partial charge on any atom is -0.423 e. The number of halogens is 2. The zero-order chi connectivity index (χ0) is 21.1. The predicted molar refractivity (Wildman–Crippen MR) is 110 cm³/mol. The summed E-state index contributed by atoms with van der Waals surface area (Å²) in [6.45, 7) is 0. The number of cyclic esters (lactones) is 1. The molecule has 0 fully saturated rings. The molecule has 3 aromatic rings. The van der Waals surface area contributed by atoms with Crippen molar-refractivity contribution in [2.24, 2.45) is 4.99 Å². The molecule has 1 aliphatic rings. The molecule has 5 nitrogen and oxygen atoms in total. The molecule has 0 spiro atoms. The molecule has 0 radical (unpaired) electrons. The van der Waals surface area contributed by atoms with E-state index in [1.807, 2.05) is 0 Å². The van der Waals surface area contributed by atoms with Crippen molar-refractivity contribution in [1.82, 2.24) is 0 Å². The Morgan fingerprint density at radius 1 is 1.03 bits per heavy atom. The minimum absolute atomic E-state index is 0.0410. The molecule has 148 valence electrons. The summed E-state index contributed by atoms with van der Waals surface area (Å²) < 4.78 is 23.8. The second-order valence-electron chi connectivity index (χ2n) is 6.31. The lowest BCUT2D eigenvalue weighted by atomic mass is 10.2. The maximum Gasteiger partial charge on any atom is 0.363 e. The van der Waals surface area contributed by atoms with Gasteiger partial charge in [-0.05, 0) is 66.2 Å². The topological polar surface area (TPSA) is 65.0 Å². The van der Waals surface area contributed by atoms with E-state index in [1.165, 1.54) is 24.3 Å². The number of carbonyl (C=O) groups is 2. The quantitative estimate of drug-likeness (QED) is 0.336. The lowest BCUT2D eigenvalue weighted by Gasteiger charge is -2.05. The molecule has 30 heavy (non-hydrogen) atoms. The first-order valence-electron chi connectivity index (χ1n) is 8.84. The van der Waals surface area contributed by atoms with Gasteiger partial charge in [0.05, 0.1) is 5.56 Å². The van der Waals surface area contributed by atoms with E-state index < -0.39 is 17.8 Å². The summed E-state index contributed by atoms with van der Waals surface area (Å²) in [6.07, 6.45) is 1.53. The normalized spacial score (nSPS) is 14.4. The van der Waals surface area contributed by atoms with E-state index in [9.17, 15) is 14.0 Å². The fourth-order valence-electron chi connectivity index (χ4n) is 2.70. The molecule has 7 heteroatoms. The number of aliphatic imine (C=N–C) groups is 1. The highest BCUT2D eigenvalue weighted by Gasteiger charge is 2.24. The molecule has 0 amide bonds. The average molecular weight is 422 g/mol. The van der Waals surface area contributed by atoms with Crippen LogP contribution in [-0.2, 0) is 9.53 Å². The van der Waals surface area contributed by atoms with Crippen molar-refractivity contribution >= 4 is 35.5 Å². The second-order valence-corrected chi connectivity index (χ2v) is 6.75. The Hall–Kier alpha value is -3.77. The fourth-order valence-corrected chi connectivity index (χ4v) is 2.82. The van der Waals surface area contributed by atoms with Gasteiger partial charge in [0.15, 0.2) is 5.70 Å². The SMILES string of the molecule is O=C1OC(c2cccc(F)c2)=N/C1=C/c1ccc(OC(=O)c2ccc(Cl)cc2)cc1. The number of carbonyl (C=O) groups excluding carboxylic acids is 2. The van der Waals surface area contributed by atoms with Crippen LogP contribution in [0.3, 0.4) is 0 Å². The first-order chi connectivity index (χ1) is 14.5. The molecule has 0 N–H and O–H groups in total. The van der Waals surface area contributed by atoms with Crippen LogP contribution >= 0.6 is 11.6 Å². The third-order valence-corrected chi connectivity index (χ3v) is 4.42. The fraction of sp³-hybridized carbons (Fsp3) is 0. The molecule has 0 bridgehead atoms. The summed E-state index contributed by atoms with van der Waals surface area (Å²) in [5, 5.41) is 0.526. The lowest BCUT2D eigenvalue weighted by Crippen LogP contribution is -2.08. The highest BCUT2D eigenvalue weighted by atomic mass is 35.5. The third-order valence-electron chi connectivity index (χ3n) is 4.17. The van der Waals surface area contributed by atoms with Gasteiger partial charge < -0.3 is 9.47 Å². The highest BCUT2D eigenvalue weighted by molar-refractivity contribution is 6.30. The van der Waals surface area contributed by atoms with Gasteiger partial charge in [0.1, 0.15) is 11.6 Å². The van der Waals surface area contributed by atoms with Gasteiger partial charge in [-0.25, -0.2) is 19.0 Å². The third kappa shape index (κ3) is 4.45. The number of rotatable bonds is 4. The zero-order valence-electron chi connectivity index (χ0n) is 15.3. The van der Waals surface area contributed by atoms with Gasteiger partial charge >= 0.3 is 11.9 Å². The summed E-state index contributed by atoms with van der Waals surface area (Å²) in [4.78, 5) is 28.3. The van der Waals surface area contributed by atoms with E-state index in [1.54, 1.807) is 54.6 Å². The molecule has 0 atom stereocenters. The van der Waals surface area contributed by atoms with E-state index in [0.29, 0.717) is 27.5 Å². The van der Waals surface area contributed by atoms with Gasteiger partial charge in [-0.15, -0.1) is 0 Å². The number of nitrogens with zero attached hydrogens (tertiary/aromatic N) is 1. The molecule has 0 saturated heterocycles. The first-order valence-corrected chi connectivity index (χ1v) is 9.22. The van der Waals surface area contributed by atoms with Gasteiger partial charge in [0.25, 0.3) is 0 Å². The summed E-state index contributed by atoms with van der Waals surface area (Å²) in [5.41, 5.74) is 1.48. The van der Waals surface area contributed by atoms with Crippen LogP contribution in [0.2, 0.25) is 5.02 Å². The van der Waals surface area contributed by atoms with Crippen molar-refractivity contribution in [3.05, 3.63) is 106 Å². The molecule has 3 aromatic carbocycles. The maximum absolute atomic E-state index is 13.4. The highest BCUT2D eigenvalue weighted by Crippen LogP contribution is 2.21. The molecule has 1 aliphatic heterocycles. The number of ether oxygens (including phenoxy) is 2. The van der Waals surface area contributed by atoms with Gasteiger partial charge in [-0.2, -0.15) is 0 Å². The Labute approximate surface area is 176 Å². The summed E-state index contributed by atoms with van der Waals surface area (Å²) in [5.74, 6) is -1.21. The van der Waals surface area contributed by atoms with E-state index in [2.05, 4.69) is 4.99 Å². The van der Waals surface area contributed by atoms with Gasteiger partial charge in [0.2, 0.25) is 5.90 Å². The van der Waals surface area contributed by atoms with Crippen LogP contribution in [0.15, 0.2) is 83.5 Å². The van der Waals surface area contributed by atoms with Crippen molar-refractivity contribution in [1.29, 1.82) is 0 Å². The monoisotopic (exact) mass is 421 g/mol. The Balaban J connectivity index is 1.48. The van der Waals surface area contributed by atoms with E-state index >= 15 is 0 Å². The van der Waals surface area contributed by atoms with Crippen LogP contribution in [0, 0.1) is 5.82 Å². The van der Waals surface area contributed by atoms with Gasteiger partial charge in [0, 0.05) is 10.6 Å². The molecule has 4 rings (SSSR count). The van der Waals surface area contributed by atoms with Crippen LogP contribution in [0.5, 0.6) is 5.75 Å². The number of hydrogen-bond donors (Lipinski definition) is 0. The molecule has 0 saturated carbocycles. The summed E-state index contributed by atoms with van der Waals surface area (Å²) >= 11 is 5.81. The Morgan fingerprint density at radius 2 is 1.77 bits per heavy atom. The number of esters is 2. The van der Waals surface area contributed by atoms with Crippen molar-refractivity contribution < 1.29 is 23.5 Å². The van der Waals surface area contributed by atoms with E-state index in [4.69, 9.17) is 21.1 Å². The Bertz CT molecular complexity index is 1180. The van der Waals surface area contributed by atoms with Crippen LogP contribution in [0.1, 0.15) is 21.5 Å². The maximum atomic E-state index is 13.4. The van der Waals surface area contributed by atoms with Crippen molar-refractivity contribution in [2.45, 2.75) is 0 Å². The van der Waals surface area contributed by atoms with Crippen molar-refractivity contribution in [2.75, 3.05) is 0 Å². The second kappa shape index (κ2) is 8.31. The van der Waals surface area contributed by atoms with Crippen molar-refractivity contribution in [3.8, 4) is 5.75 Å². The molecule has 0 unspecified atom stereocenters. The van der Waals surface area contributed by atoms with Gasteiger partial charge in [-0.1, -0.05) is 29.8 Å². The largest absolute Gasteiger partial charge is 0.423 e. The molecular formula is C23H13ClFNO4. The zero-order valence-corrected chi connectivity index (χ0v) is 16.1. The standard InChI is InChI=1S/C23H13ClFNO4/c24-17-8-6-15(7-9-17)22(27)29-19-10-4-14(5-11-19)12-20-23(28)30-21(26-20)16-2-1-3-18(25)13-16/h1-13H/b20-12+. The van der Waals surface area contributed by atoms with E-state index in [-0.39, 0.29) is 11.6 Å². The Morgan fingerprint density at radius 3 is 2.47 bits per heavy atom. The summed E-state index contributed by atoms with van der Waals surface area (Å²) in [7, 11) is 0.